The average molecular weight is 350 g/mol. The van der Waals surface area contributed by atoms with Gasteiger partial charge in [0.25, 0.3) is 0 Å². The zero-order valence-electron chi connectivity index (χ0n) is 8.95. The number of ketones is 1. The summed E-state index contributed by atoms with van der Waals surface area (Å²) in [6, 6.07) is 7.42. The molecule has 0 atom stereocenters. The van der Waals surface area contributed by atoms with Crippen LogP contribution in [-0.4, -0.2) is 12.4 Å². The third-order valence-corrected chi connectivity index (χ3v) is 3.78. The van der Waals surface area contributed by atoms with Crippen molar-refractivity contribution in [2.45, 2.75) is 0 Å². The van der Waals surface area contributed by atoms with E-state index in [0.29, 0.717) is 19.4 Å². The molecule has 0 N–H and O–H groups in total. The number of hydrogen-bond acceptors (Lipinski definition) is 3. The van der Waals surface area contributed by atoms with Crippen LogP contribution in [0.4, 0.5) is 4.39 Å². The van der Waals surface area contributed by atoms with Crippen molar-refractivity contribution in [3.05, 3.63) is 49.8 Å². The largest absolute Gasteiger partial charge is 0.485 e. The van der Waals surface area contributed by atoms with Gasteiger partial charge in [-0.2, -0.15) is 0 Å². The second-order valence-corrected chi connectivity index (χ2v) is 6.05. The van der Waals surface area contributed by atoms with Gasteiger partial charge < -0.3 is 4.74 Å². The highest BCUT2D eigenvalue weighted by Gasteiger charge is 2.10. The summed E-state index contributed by atoms with van der Waals surface area (Å²) in [4.78, 5) is 12.2. The minimum Gasteiger partial charge on any atom is -0.485 e. The number of carbonyl (C=O) groups is 1. The number of Topliss-reactive ketones (excluding diaryl/α,β-unsaturated/α-hetero) is 1. The maximum Gasteiger partial charge on any atom is 0.210 e. The average Bonchev–Trinajstić information content (AvgIpc) is 2.71. The number of halogens is 3. The molecule has 94 valence electrons. The molecule has 2 nitrogen and oxygen atoms in total. The quantitative estimate of drug-likeness (QED) is 0.756. The highest BCUT2D eigenvalue weighted by Crippen LogP contribution is 2.23. The van der Waals surface area contributed by atoms with E-state index in [2.05, 4.69) is 15.9 Å². The summed E-state index contributed by atoms with van der Waals surface area (Å²) in [5.41, 5.74) is 0. The number of hydrogen-bond donors (Lipinski definition) is 0. The molecule has 0 unspecified atom stereocenters. The Morgan fingerprint density at radius 3 is 2.78 bits per heavy atom. The van der Waals surface area contributed by atoms with Crippen molar-refractivity contribution in [1.29, 1.82) is 0 Å². The lowest BCUT2D eigenvalue weighted by Crippen LogP contribution is -2.10. The molecular weight excluding hydrogens is 343 g/mol. The molecule has 18 heavy (non-hydrogen) atoms. The Hall–Kier alpha value is -0.910. The Labute approximate surface area is 120 Å². The van der Waals surface area contributed by atoms with Gasteiger partial charge >= 0.3 is 0 Å². The fraction of sp³-hybridized carbons (Fsp3) is 0.0833. The number of carbonyl (C=O) groups excluding carboxylic acids is 1. The number of ether oxygens (including phenoxy) is 1. The highest BCUT2D eigenvalue weighted by molar-refractivity contribution is 9.10. The molecule has 6 heteroatoms. The van der Waals surface area contributed by atoms with Crippen LogP contribution >= 0.6 is 38.9 Å². The normalized spacial score (nSPS) is 10.4. The van der Waals surface area contributed by atoms with Crippen LogP contribution < -0.4 is 4.74 Å². The van der Waals surface area contributed by atoms with Gasteiger partial charge in [-0.05, 0) is 24.3 Å². The lowest BCUT2D eigenvalue weighted by atomic mass is 10.3. The van der Waals surface area contributed by atoms with Crippen LogP contribution in [0.5, 0.6) is 5.75 Å². The van der Waals surface area contributed by atoms with Crippen molar-refractivity contribution in [1.82, 2.24) is 0 Å². The van der Waals surface area contributed by atoms with Gasteiger partial charge in [0.1, 0.15) is 11.6 Å². The van der Waals surface area contributed by atoms with Gasteiger partial charge in [-0.15, -0.1) is 11.3 Å². The molecule has 0 radical (unpaired) electrons. The third kappa shape index (κ3) is 3.54. The first-order chi connectivity index (χ1) is 8.54. The molecule has 0 saturated heterocycles. The first-order valence-corrected chi connectivity index (χ1v) is 6.91. The Bertz CT molecular complexity index is 565. The molecule has 2 rings (SSSR count). The summed E-state index contributed by atoms with van der Waals surface area (Å²) in [5.74, 6) is -0.309. The molecule has 0 aliphatic rings. The zero-order valence-corrected chi connectivity index (χ0v) is 12.1. The van der Waals surface area contributed by atoms with Gasteiger partial charge in [-0.25, -0.2) is 4.39 Å². The predicted molar refractivity (Wildman–Crippen MR) is 73.3 cm³/mol. The minimum absolute atomic E-state index is 0.146. The highest BCUT2D eigenvalue weighted by atomic mass is 79.9. The third-order valence-electron chi connectivity index (χ3n) is 2.05. The van der Waals surface area contributed by atoms with Crippen LogP contribution in [0.3, 0.4) is 0 Å². The van der Waals surface area contributed by atoms with E-state index in [-0.39, 0.29) is 12.4 Å². The summed E-state index contributed by atoms with van der Waals surface area (Å²) in [6.07, 6.45) is 0. The van der Waals surface area contributed by atoms with E-state index in [1.807, 2.05) is 0 Å². The zero-order chi connectivity index (χ0) is 13.1. The summed E-state index contributed by atoms with van der Waals surface area (Å²) in [6.45, 7) is -0.146. The summed E-state index contributed by atoms with van der Waals surface area (Å²) >= 11 is 10.1. The fourth-order valence-electron chi connectivity index (χ4n) is 1.30. The van der Waals surface area contributed by atoms with E-state index in [4.69, 9.17) is 16.3 Å². The number of benzene rings is 1. The molecule has 0 spiro atoms. The SMILES string of the molecule is O=C(COc1cc(F)cc(Br)c1)c1ccc(Cl)s1. The molecule has 1 aromatic heterocycles. The van der Waals surface area contributed by atoms with Crippen LogP contribution in [0.2, 0.25) is 4.34 Å². The topological polar surface area (TPSA) is 26.3 Å². The molecule has 1 aromatic carbocycles. The van der Waals surface area contributed by atoms with Crippen LogP contribution in [0.1, 0.15) is 9.67 Å². The van der Waals surface area contributed by atoms with Crippen molar-refractivity contribution in [2.24, 2.45) is 0 Å². The number of thiophene rings is 1. The number of rotatable bonds is 4. The standard InChI is InChI=1S/C12H7BrClFO2S/c13-7-3-8(15)5-9(4-7)17-6-10(16)11-1-2-12(14)18-11/h1-5H,6H2. The van der Waals surface area contributed by atoms with E-state index in [0.717, 1.165) is 0 Å². The Morgan fingerprint density at radius 1 is 1.39 bits per heavy atom. The molecule has 0 aliphatic carbocycles. The molecule has 0 bridgehead atoms. The van der Waals surface area contributed by atoms with E-state index in [1.165, 1.54) is 23.5 Å². The van der Waals surface area contributed by atoms with Gasteiger partial charge in [0.05, 0.1) is 9.21 Å². The predicted octanol–water partition coefficient (Wildman–Crippen LogP) is 4.56. The molecule has 1 heterocycles. The van der Waals surface area contributed by atoms with Crippen molar-refractivity contribution in [2.75, 3.05) is 6.61 Å². The first-order valence-electron chi connectivity index (χ1n) is 4.92. The first kappa shape index (κ1) is 13.5. The monoisotopic (exact) mass is 348 g/mol. The second kappa shape index (κ2) is 5.82. The molecule has 0 amide bonds. The van der Waals surface area contributed by atoms with Gasteiger partial charge in [-0.3, -0.25) is 4.79 Å². The van der Waals surface area contributed by atoms with Gasteiger partial charge in [-0.1, -0.05) is 27.5 Å². The fourth-order valence-corrected chi connectivity index (χ4v) is 2.71. The van der Waals surface area contributed by atoms with Gasteiger partial charge in [0.2, 0.25) is 5.78 Å². The van der Waals surface area contributed by atoms with Gasteiger partial charge in [0.15, 0.2) is 6.61 Å². The van der Waals surface area contributed by atoms with E-state index >= 15 is 0 Å². The van der Waals surface area contributed by atoms with Crippen LogP contribution in [0, 0.1) is 5.82 Å². The summed E-state index contributed by atoms with van der Waals surface area (Å²) in [7, 11) is 0. The minimum atomic E-state index is -0.425. The Balaban J connectivity index is 2.01. The molecule has 0 aliphatic heterocycles. The Morgan fingerprint density at radius 2 is 2.17 bits per heavy atom. The van der Waals surface area contributed by atoms with Crippen molar-refractivity contribution in [3.8, 4) is 5.75 Å². The summed E-state index contributed by atoms with van der Waals surface area (Å²) in [5, 5.41) is 0. The van der Waals surface area contributed by atoms with E-state index in [9.17, 15) is 9.18 Å². The maximum absolute atomic E-state index is 13.1. The maximum atomic E-state index is 13.1. The molecule has 0 fully saturated rings. The van der Waals surface area contributed by atoms with Gasteiger partial charge in [0, 0.05) is 10.5 Å². The van der Waals surface area contributed by atoms with Crippen LogP contribution in [0.25, 0.3) is 0 Å². The van der Waals surface area contributed by atoms with E-state index in [1.54, 1.807) is 18.2 Å². The Kier molecular flexibility index (Phi) is 4.37. The smallest absolute Gasteiger partial charge is 0.210 e. The van der Waals surface area contributed by atoms with Crippen LogP contribution in [-0.2, 0) is 0 Å². The van der Waals surface area contributed by atoms with Crippen molar-refractivity contribution < 1.29 is 13.9 Å². The lowest BCUT2D eigenvalue weighted by Gasteiger charge is -2.05. The van der Waals surface area contributed by atoms with Crippen LogP contribution in [0.15, 0.2) is 34.8 Å². The summed E-state index contributed by atoms with van der Waals surface area (Å²) < 4.78 is 19.4. The molecule has 2 aromatic rings. The molecular formula is C12H7BrClFO2S. The molecule has 0 saturated carbocycles. The second-order valence-electron chi connectivity index (χ2n) is 3.42. The lowest BCUT2D eigenvalue weighted by molar-refractivity contribution is 0.0925. The van der Waals surface area contributed by atoms with E-state index < -0.39 is 5.82 Å². The van der Waals surface area contributed by atoms with Crippen molar-refractivity contribution >= 4 is 44.7 Å². The van der Waals surface area contributed by atoms with Crippen molar-refractivity contribution in [3.63, 3.8) is 0 Å².